The van der Waals surface area contributed by atoms with Crippen molar-refractivity contribution >= 4 is 0 Å². The molecule has 5 heteroatoms. The van der Waals surface area contributed by atoms with Crippen molar-refractivity contribution in [3.8, 4) is 0 Å². The summed E-state index contributed by atoms with van der Waals surface area (Å²) in [4.78, 5) is 6.75. The lowest BCUT2D eigenvalue weighted by molar-refractivity contribution is 0.247. The number of hydrogen-bond acceptors (Lipinski definition) is 5. The van der Waals surface area contributed by atoms with Crippen molar-refractivity contribution in [1.82, 2.24) is 15.0 Å². The fraction of sp³-hybridized carbons (Fsp3) is 0.846. The summed E-state index contributed by atoms with van der Waals surface area (Å²) in [5.41, 5.74) is 0. The molecule has 1 aliphatic heterocycles. The van der Waals surface area contributed by atoms with Crippen LogP contribution in [-0.2, 0) is 13.0 Å². The van der Waals surface area contributed by atoms with Crippen LogP contribution in [-0.4, -0.2) is 39.8 Å². The molecule has 0 aromatic carbocycles. The summed E-state index contributed by atoms with van der Waals surface area (Å²) in [6.07, 6.45) is 2.92. The zero-order valence-corrected chi connectivity index (χ0v) is 11.3. The molecule has 5 nitrogen and oxygen atoms in total. The van der Waals surface area contributed by atoms with Gasteiger partial charge < -0.3 is 9.63 Å². The van der Waals surface area contributed by atoms with Crippen molar-refractivity contribution in [2.24, 2.45) is 11.8 Å². The number of aliphatic hydroxyl groups is 1. The second kappa shape index (κ2) is 6.29. The summed E-state index contributed by atoms with van der Waals surface area (Å²) in [5, 5.41) is 13.0. The molecule has 1 fully saturated rings. The largest absolute Gasteiger partial charge is 0.396 e. The monoisotopic (exact) mass is 253 g/mol. The third-order valence-electron chi connectivity index (χ3n) is 3.37. The Morgan fingerprint density at radius 2 is 2.33 bits per heavy atom. The Balaban J connectivity index is 1.81. The number of rotatable bonds is 6. The van der Waals surface area contributed by atoms with E-state index in [0.29, 0.717) is 18.4 Å². The molecule has 18 heavy (non-hydrogen) atoms. The van der Waals surface area contributed by atoms with Crippen LogP contribution in [0.2, 0.25) is 0 Å². The van der Waals surface area contributed by atoms with Crippen LogP contribution in [0.5, 0.6) is 0 Å². The Bertz CT molecular complexity index is 365. The number of likely N-dealkylation sites (tertiary alicyclic amines) is 1. The standard InChI is InChI=1S/C13H23N3O2/c1-10(2)7-13-14-12(15-18-13)9-16-5-3-11(8-16)4-6-17/h10-11,17H,3-9H2,1-2H3. The summed E-state index contributed by atoms with van der Waals surface area (Å²) >= 11 is 0. The molecule has 0 spiro atoms. The smallest absolute Gasteiger partial charge is 0.226 e. The molecule has 1 aromatic heterocycles. The van der Waals surface area contributed by atoms with E-state index in [9.17, 15) is 0 Å². The van der Waals surface area contributed by atoms with Gasteiger partial charge in [0.15, 0.2) is 5.82 Å². The van der Waals surface area contributed by atoms with Gasteiger partial charge in [-0.05, 0) is 31.2 Å². The van der Waals surface area contributed by atoms with Gasteiger partial charge in [0.25, 0.3) is 0 Å². The van der Waals surface area contributed by atoms with Gasteiger partial charge in [-0.3, -0.25) is 4.90 Å². The highest BCUT2D eigenvalue weighted by Crippen LogP contribution is 2.20. The Hall–Kier alpha value is -0.940. The van der Waals surface area contributed by atoms with E-state index in [2.05, 4.69) is 28.9 Å². The average Bonchev–Trinajstić information content (AvgIpc) is 2.89. The quantitative estimate of drug-likeness (QED) is 0.832. The van der Waals surface area contributed by atoms with Crippen LogP contribution in [0.25, 0.3) is 0 Å². The summed E-state index contributed by atoms with van der Waals surface area (Å²) in [7, 11) is 0. The first kappa shape index (κ1) is 13.5. The molecule has 1 aromatic rings. The van der Waals surface area contributed by atoms with Crippen molar-refractivity contribution in [2.45, 2.75) is 39.7 Å². The molecule has 1 aliphatic rings. The molecule has 0 amide bonds. The predicted molar refractivity (Wildman–Crippen MR) is 67.9 cm³/mol. The van der Waals surface area contributed by atoms with Crippen LogP contribution < -0.4 is 0 Å². The molecule has 0 aliphatic carbocycles. The minimum Gasteiger partial charge on any atom is -0.396 e. The van der Waals surface area contributed by atoms with E-state index in [4.69, 9.17) is 9.63 Å². The van der Waals surface area contributed by atoms with Gasteiger partial charge in [-0.1, -0.05) is 19.0 Å². The lowest BCUT2D eigenvalue weighted by Gasteiger charge is -2.12. The lowest BCUT2D eigenvalue weighted by Crippen LogP contribution is -2.21. The van der Waals surface area contributed by atoms with Crippen LogP contribution in [0, 0.1) is 11.8 Å². The van der Waals surface area contributed by atoms with Gasteiger partial charge in [-0.15, -0.1) is 0 Å². The van der Waals surface area contributed by atoms with Crippen molar-refractivity contribution in [1.29, 1.82) is 0 Å². The maximum Gasteiger partial charge on any atom is 0.226 e. The SMILES string of the molecule is CC(C)Cc1nc(CN2CCC(CCO)C2)no1. The summed E-state index contributed by atoms with van der Waals surface area (Å²) in [5.74, 6) is 2.69. The summed E-state index contributed by atoms with van der Waals surface area (Å²) < 4.78 is 5.23. The minimum atomic E-state index is 0.291. The predicted octanol–water partition coefficient (Wildman–Crippen LogP) is 1.47. The molecule has 2 heterocycles. The zero-order valence-electron chi connectivity index (χ0n) is 11.3. The number of hydrogen-bond donors (Lipinski definition) is 1. The second-order valence-corrected chi connectivity index (χ2v) is 5.60. The molecule has 1 unspecified atom stereocenters. The van der Waals surface area contributed by atoms with Gasteiger partial charge in [-0.2, -0.15) is 4.98 Å². The van der Waals surface area contributed by atoms with E-state index in [-0.39, 0.29) is 0 Å². The minimum absolute atomic E-state index is 0.291. The van der Waals surface area contributed by atoms with Crippen molar-refractivity contribution in [2.75, 3.05) is 19.7 Å². The molecule has 0 radical (unpaired) electrons. The first-order valence-corrected chi connectivity index (χ1v) is 6.82. The van der Waals surface area contributed by atoms with Crippen molar-refractivity contribution in [3.63, 3.8) is 0 Å². The van der Waals surface area contributed by atoms with E-state index in [1.807, 2.05) is 0 Å². The molecule has 1 atom stereocenters. The Kier molecular flexibility index (Phi) is 4.72. The number of aliphatic hydroxyl groups excluding tert-OH is 1. The average molecular weight is 253 g/mol. The molecule has 0 bridgehead atoms. The van der Waals surface area contributed by atoms with Crippen LogP contribution in [0.4, 0.5) is 0 Å². The molecule has 1 saturated heterocycles. The van der Waals surface area contributed by atoms with E-state index >= 15 is 0 Å². The number of nitrogens with zero attached hydrogens (tertiary/aromatic N) is 3. The van der Waals surface area contributed by atoms with Crippen LogP contribution in [0.3, 0.4) is 0 Å². The topological polar surface area (TPSA) is 62.4 Å². The highest BCUT2D eigenvalue weighted by molar-refractivity contribution is 4.89. The third kappa shape index (κ3) is 3.78. The first-order chi connectivity index (χ1) is 8.67. The fourth-order valence-electron chi connectivity index (χ4n) is 2.46. The van der Waals surface area contributed by atoms with E-state index in [0.717, 1.165) is 50.6 Å². The fourth-order valence-corrected chi connectivity index (χ4v) is 2.46. The van der Waals surface area contributed by atoms with E-state index in [1.54, 1.807) is 0 Å². The lowest BCUT2D eigenvalue weighted by atomic mass is 10.1. The Morgan fingerprint density at radius 1 is 1.50 bits per heavy atom. The molecule has 1 N–H and O–H groups in total. The Morgan fingerprint density at radius 3 is 3.06 bits per heavy atom. The first-order valence-electron chi connectivity index (χ1n) is 6.82. The maximum absolute atomic E-state index is 8.93. The molecule has 102 valence electrons. The Labute approximate surface area is 108 Å². The maximum atomic E-state index is 8.93. The molecule has 0 saturated carbocycles. The summed E-state index contributed by atoms with van der Waals surface area (Å²) in [6, 6.07) is 0. The molecular formula is C13H23N3O2. The van der Waals surface area contributed by atoms with Crippen molar-refractivity contribution in [3.05, 3.63) is 11.7 Å². The van der Waals surface area contributed by atoms with Gasteiger partial charge >= 0.3 is 0 Å². The van der Waals surface area contributed by atoms with Gasteiger partial charge in [0.05, 0.1) is 6.54 Å². The number of aromatic nitrogens is 2. The van der Waals surface area contributed by atoms with Crippen LogP contribution in [0.15, 0.2) is 4.52 Å². The molecule has 2 rings (SSSR count). The van der Waals surface area contributed by atoms with Crippen LogP contribution in [0.1, 0.15) is 38.4 Å². The van der Waals surface area contributed by atoms with Gasteiger partial charge in [-0.25, -0.2) is 0 Å². The third-order valence-corrected chi connectivity index (χ3v) is 3.37. The van der Waals surface area contributed by atoms with Gasteiger partial charge in [0.1, 0.15) is 0 Å². The van der Waals surface area contributed by atoms with Gasteiger partial charge in [0.2, 0.25) is 5.89 Å². The van der Waals surface area contributed by atoms with Crippen LogP contribution >= 0.6 is 0 Å². The van der Waals surface area contributed by atoms with Gasteiger partial charge in [0, 0.05) is 19.6 Å². The zero-order chi connectivity index (χ0) is 13.0. The van der Waals surface area contributed by atoms with E-state index in [1.165, 1.54) is 0 Å². The summed E-state index contributed by atoms with van der Waals surface area (Å²) in [6.45, 7) is 7.45. The second-order valence-electron chi connectivity index (χ2n) is 5.60. The van der Waals surface area contributed by atoms with Crippen molar-refractivity contribution < 1.29 is 9.63 Å². The normalized spacial score (nSPS) is 21.0. The van der Waals surface area contributed by atoms with E-state index < -0.39 is 0 Å². The molecular weight excluding hydrogens is 230 g/mol. The highest BCUT2D eigenvalue weighted by atomic mass is 16.5. The highest BCUT2D eigenvalue weighted by Gasteiger charge is 2.23.